The molecule has 0 aliphatic heterocycles. The predicted octanol–water partition coefficient (Wildman–Crippen LogP) is 4.48. The van der Waals surface area contributed by atoms with E-state index in [0.717, 1.165) is 24.5 Å². The molecule has 0 saturated carbocycles. The Morgan fingerprint density at radius 3 is 2.30 bits per heavy atom. The summed E-state index contributed by atoms with van der Waals surface area (Å²) < 4.78 is 13.0. The average molecular weight is 318 g/mol. The fourth-order valence-corrected chi connectivity index (χ4v) is 2.40. The Kier molecular flexibility index (Phi) is 5.35. The fourth-order valence-electron chi connectivity index (χ4n) is 2.40. The molecule has 0 radical (unpaired) electrons. The van der Waals surface area contributed by atoms with Gasteiger partial charge in [0.05, 0.1) is 10.6 Å². The van der Waals surface area contributed by atoms with Crippen LogP contribution in [0.5, 0.6) is 0 Å². The average Bonchev–Trinajstić information content (AvgIpc) is 2.57. The third kappa shape index (κ3) is 3.68. The predicted molar refractivity (Wildman–Crippen MR) is 91.1 cm³/mol. The van der Waals surface area contributed by atoms with Gasteiger partial charge in [0.15, 0.2) is 5.69 Å². The summed E-state index contributed by atoms with van der Waals surface area (Å²) in [4.78, 5) is 12.5. The first kappa shape index (κ1) is 16.5. The summed E-state index contributed by atoms with van der Waals surface area (Å²) in [6, 6.07) is 11.9. The van der Waals surface area contributed by atoms with Gasteiger partial charge in [-0.2, -0.15) is 0 Å². The Bertz CT molecular complexity index is 672. The molecule has 0 amide bonds. The first-order chi connectivity index (χ1) is 11.1. The van der Waals surface area contributed by atoms with Crippen molar-refractivity contribution in [1.82, 2.24) is 0 Å². The molecule has 0 saturated heterocycles. The summed E-state index contributed by atoms with van der Waals surface area (Å²) in [5.74, 6) is 0. The molecule has 0 bridgehead atoms. The molecule has 0 fully saturated rings. The number of nitrogens with one attached hydrogen (secondary N) is 2. The minimum atomic E-state index is -0.628. The van der Waals surface area contributed by atoms with Crippen molar-refractivity contribution >= 4 is 28.4 Å². The molecule has 6 nitrogen and oxygen atoms in total. The SMILES string of the molecule is CCN(CC)c1ccc(Nc2cccc([N+](=O)[O-])c2NF)cc1. The van der Waals surface area contributed by atoms with Crippen LogP contribution >= 0.6 is 0 Å². The third-order valence-electron chi connectivity index (χ3n) is 3.61. The molecule has 0 spiro atoms. The lowest BCUT2D eigenvalue weighted by Crippen LogP contribution is -2.21. The second kappa shape index (κ2) is 7.44. The van der Waals surface area contributed by atoms with Crippen molar-refractivity contribution in [3.8, 4) is 0 Å². The van der Waals surface area contributed by atoms with E-state index < -0.39 is 4.92 Å². The maximum Gasteiger partial charge on any atom is 0.297 e. The molecular weight excluding hydrogens is 299 g/mol. The number of para-hydroxylation sites is 1. The molecule has 0 unspecified atom stereocenters. The monoisotopic (exact) mass is 318 g/mol. The molecule has 23 heavy (non-hydrogen) atoms. The molecule has 2 N–H and O–H groups in total. The topological polar surface area (TPSA) is 70.4 Å². The number of halogens is 1. The standard InChI is InChI=1S/C16H19FN4O2/c1-3-20(4-2)13-10-8-12(9-11-13)18-14-6-5-7-15(21(22)23)16(14)19-17/h5-11,18-19H,3-4H2,1-2H3. The van der Waals surface area contributed by atoms with Crippen LogP contribution in [0.15, 0.2) is 42.5 Å². The van der Waals surface area contributed by atoms with E-state index in [1.807, 2.05) is 24.3 Å². The van der Waals surface area contributed by atoms with E-state index in [4.69, 9.17) is 0 Å². The fraction of sp³-hybridized carbons (Fsp3) is 0.250. The number of hydrogen-bond donors (Lipinski definition) is 2. The van der Waals surface area contributed by atoms with Gasteiger partial charge in [-0.1, -0.05) is 6.07 Å². The van der Waals surface area contributed by atoms with Crippen molar-refractivity contribution < 1.29 is 9.40 Å². The van der Waals surface area contributed by atoms with Gasteiger partial charge in [0.2, 0.25) is 0 Å². The summed E-state index contributed by atoms with van der Waals surface area (Å²) in [7, 11) is 0. The van der Waals surface area contributed by atoms with Gasteiger partial charge in [0.25, 0.3) is 5.69 Å². The second-order valence-corrected chi connectivity index (χ2v) is 4.90. The Hall–Kier alpha value is -2.83. The van der Waals surface area contributed by atoms with Crippen LogP contribution in [-0.4, -0.2) is 18.0 Å². The van der Waals surface area contributed by atoms with Gasteiger partial charge in [-0.15, -0.1) is 4.48 Å². The Morgan fingerprint density at radius 2 is 1.78 bits per heavy atom. The maximum atomic E-state index is 13.0. The lowest BCUT2D eigenvalue weighted by molar-refractivity contribution is -0.384. The zero-order chi connectivity index (χ0) is 16.8. The molecule has 2 aromatic carbocycles. The van der Waals surface area contributed by atoms with Gasteiger partial charge >= 0.3 is 0 Å². The Labute approximate surface area is 134 Å². The van der Waals surface area contributed by atoms with Crippen molar-refractivity contribution in [2.45, 2.75) is 13.8 Å². The van der Waals surface area contributed by atoms with E-state index in [9.17, 15) is 14.6 Å². The minimum absolute atomic E-state index is 0.190. The highest BCUT2D eigenvalue weighted by atomic mass is 19.2. The number of nitro groups is 1. The zero-order valence-electron chi connectivity index (χ0n) is 13.0. The zero-order valence-corrected chi connectivity index (χ0v) is 13.0. The van der Waals surface area contributed by atoms with E-state index in [2.05, 4.69) is 24.1 Å². The highest BCUT2D eigenvalue weighted by Crippen LogP contribution is 2.34. The summed E-state index contributed by atoms with van der Waals surface area (Å²) >= 11 is 0. The summed E-state index contributed by atoms with van der Waals surface area (Å²) in [5, 5.41) is 13.9. The molecule has 0 aliphatic carbocycles. The summed E-state index contributed by atoms with van der Waals surface area (Å²) in [5.41, 5.74) is 3.00. The van der Waals surface area contributed by atoms with E-state index >= 15 is 0 Å². The van der Waals surface area contributed by atoms with Gasteiger partial charge in [-0.05, 0) is 44.2 Å². The lowest BCUT2D eigenvalue weighted by atomic mass is 10.2. The van der Waals surface area contributed by atoms with Crippen LogP contribution in [0.25, 0.3) is 0 Å². The van der Waals surface area contributed by atoms with Crippen LogP contribution in [0.4, 0.5) is 32.9 Å². The molecule has 0 aromatic heterocycles. The van der Waals surface area contributed by atoms with Gasteiger partial charge < -0.3 is 10.2 Å². The van der Waals surface area contributed by atoms with Crippen LogP contribution in [0.2, 0.25) is 0 Å². The van der Waals surface area contributed by atoms with Crippen LogP contribution in [-0.2, 0) is 0 Å². The van der Waals surface area contributed by atoms with Crippen molar-refractivity contribution in [2.75, 3.05) is 28.8 Å². The van der Waals surface area contributed by atoms with Crippen molar-refractivity contribution in [2.24, 2.45) is 0 Å². The first-order valence-corrected chi connectivity index (χ1v) is 7.36. The molecule has 7 heteroatoms. The Balaban J connectivity index is 2.26. The highest BCUT2D eigenvalue weighted by molar-refractivity contribution is 5.81. The van der Waals surface area contributed by atoms with Gasteiger partial charge in [-0.25, -0.2) is 5.54 Å². The number of rotatable bonds is 7. The summed E-state index contributed by atoms with van der Waals surface area (Å²) in [6.07, 6.45) is 0. The number of anilines is 4. The highest BCUT2D eigenvalue weighted by Gasteiger charge is 2.17. The van der Waals surface area contributed by atoms with Crippen molar-refractivity contribution in [3.05, 3.63) is 52.6 Å². The normalized spacial score (nSPS) is 10.2. The van der Waals surface area contributed by atoms with Crippen LogP contribution in [0.3, 0.4) is 0 Å². The number of hydrogen-bond acceptors (Lipinski definition) is 5. The van der Waals surface area contributed by atoms with E-state index in [0.29, 0.717) is 5.69 Å². The Morgan fingerprint density at radius 1 is 1.13 bits per heavy atom. The van der Waals surface area contributed by atoms with Gasteiger partial charge in [0.1, 0.15) is 0 Å². The molecule has 2 aromatic rings. The quantitative estimate of drug-likeness (QED) is 0.447. The van der Waals surface area contributed by atoms with E-state index in [1.54, 1.807) is 6.07 Å². The molecule has 0 heterocycles. The van der Waals surface area contributed by atoms with E-state index in [1.165, 1.54) is 17.7 Å². The summed E-state index contributed by atoms with van der Waals surface area (Å²) in [6.45, 7) is 5.98. The van der Waals surface area contributed by atoms with Gasteiger partial charge in [-0.3, -0.25) is 10.1 Å². The molecule has 2 rings (SSSR count). The minimum Gasteiger partial charge on any atom is -0.372 e. The smallest absolute Gasteiger partial charge is 0.297 e. The van der Waals surface area contributed by atoms with Crippen LogP contribution in [0, 0.1) is 10.1 Å². The number of benzene rings is 2. The van der Waals surface area contributed by atoms with E-state index in [-0.39, 0.29) is 11.4 Å². The molecule has 122 valence electrons. The number of nitrogens with zero attached hydrogens (tertiary/aromatic N) is 2. The molecular formula is C16H19FN4O2. The molecule has 0 atom stereocenters. The second-order valence-electron chi connectivity index (χ2n) is 4.90. The molecule has 0 aliphatic rings. The lowest BCUT2D eigenvalue weighted by Gasteiger charge is -2.21. The largest absolute Gasteiger partial charge is 0.372 e. The van der Waals surface area contributed by atoms with Crippen molar-refractivity contribution in [3.63, 3.8) is 0 Å². The van der Waals surface area contributed by atoms with Crippen LogP contribution < -0.4 is 15.8 Å². The number of nitro benzene ring substituents is 1. The first-order valence-electron chi connectivity index (χ1n) is 7.36. The maximum absolute atomic E-state index is 13.0. The van der Waals surface area contributed by atoms with Gasteiger partial charge in [0, 0.05) is 30.5 Å². The third-order valence-corrected chi connectivity index (χ3v) is 3.61. The van der Waals surface area contributed by atoms with Crippen LogP contribution in [0.1, 0.15) is 13.8 Å². The van der Waals surface area contributed by atoms with Crippen molar-refractivity contribution in [1.29, 1.82) is 0 Å².